The van der Waals surface area contributed by atoms with Crippen LogP contribution in [0, 0.1) is 0 Å². The Kier molecular flexibility index (Phi) is 3.81. The minimum atomic E-state index is -0.0475. The maximum atomic E-state index is 12.0. The van der Waals surface area contributed by atoms with Crippen LogP contribution in [0.3, 0.4) is 0 Å². The number of halogens is 2. The number of amides is 1. The molecule has 2 aromatic carbocycles. The Morgan fingerprint density at radius 3 is 2.70 bits per heavy atom. The van der Waals surface area contributed by atoms with Gasteiger partial charge in [-0.3, -0.25) is 4.79 Å². The van der Waals surface area contributed by atoms with Crippen molar-refractivity contribution < 1.29 is 4.79 Å². The van der Waals surface area contributed by atoms with Gasteiger partial charge in [0.25, 0.3) is 0 Å². The van der Waals surface area contributed by atoms with Gasteiger partial charge < -0.3 is 4.90 Å². The van der Waals surface area contributed by atoms with Gasteiger partial charge in [0.1, 0.15) is 5.88 Å². The van der Waals surface area contributed by atoms with Gasteiger partial charge in [-0.2, -0.15) is 0 Å². The largest absolute Gasteiger partial charge is 0.310 e. The minimum absolute atomic E-state index is 0.0109. The van der Waals surface area contributed by atoms with Crippen LogP contribution in [0.15, 0.2) is 53.0 Å². The lowest BCUT2D eigenvalue weighted by Crippen LogP contribution is -2.30. The van der Waals surface area contributed by atoms with E-state index in [1.807, 2.05) is 30.3 Å². The number of fused-ring (bicyclic) bond motifs is 1. The van der Waals surface area contributed by atoms with Gasteiger partial charge in [0.15, 0.2) is 0 Å². The Morgan fingerprint density at radius 1 is 1.25 bits per heavy atom. The third-order valence-corrected chi connectivity index (χ3v) is 4.36. The first-order valence-electron chi connectivity index (χ1n) is 6.41. The monoisotopic (exact) mass is 349 g/mol. The predicted octanol–water partition coefficient (Wildman–Crippen LogP) is 4.17. The van der Waals surface area contributed by atoms with E-state index in [4.69, 9.17) is 11.6 Å². The Bertz CT molecular complexity index is 644. The number of rotatable bonds is 2. The van der Waals surface area contributed by atoms with E-state index >= 15 is 0 Å². The normalized spacial score (nSPS) is 17.1. The number of benzene rings is 2. The average molecular weight is 351 g/mol. The van der Waals surface area contributed by atoms with Crippen molar-refractivity contribution in [2.45, 2.75) is 5.92 Å². The van der Waals surface area contributed by atoms with E-state index in [1.54, 1.807) is 4.90 Å². The lowest BCUT2D eigenvalue weighted by molar-refractivity contribution is -0.116. The smallest absolute Gasteiger partial charge is 0.241 e. The topological polar surface area (TPSA) is 20.3 Å². The van der Waals surface area contributed by atoms with Crippen LogP contribution in [0.5, 0.6) is 0 Å². The van der Waals surface area contributed by atoms with E-state index in [-0.39, 0.29) is 17.7 Å². The highest BCUT2D eigenvalue weighted by molar-refractivity contribution is 9.10. The summed E-state index contributed by atoms with van der Waals surface area (Å²) in [7, 11) is 0. The number of carbonyl (C=O) groups is 1. The van der Waals surface area contributed by atoms with E-state index in [2.05, 4.69) is 34.1 Å². The fourth-order valence-corrected chi connectivity index (χ4v) is 3.23. The standard InChI is InChI=1S/C16H13BrClNO/c17-12-6-7-15-13(8-12)14(10-19(15)16(20)9-18)11-4-2-1-3-5-11/h1-8,14H,9-10H2. The first kappa shape index (κ1) is 13.7. The van der Waals surface area contributed by atoms with Crippen LogP contribution in [0.25, 0.3) is 0 Å². The SMILES string of the molecule is O=C(CCl)N1CC(c2ccccc2)c2cc(Br)ccc21. The molecule has 4 heteroatoms. The molecule has 0 spiro atoms. The molecule has 0 aliphatic carbocycles. The summed E-state index contributed by atoms with van der Waals surface area (Å²) in [6.07, 6.45) is 0. The van der Waals surface area contributed by atoms with Crippen molar-refractivity contribution in [2.24, 2.45) is 0 Å². The first-order valence-corrected chi connectivity index (χ1v) is 7.74. The maximum Gasteiger partial charge on any atom is 0.241 e. The number of nitrogens with zero attached hydrogens (tertiary/aromatic N) is 1. The van der Waals surface area contributed by atoms with Gasteiger partial charge in [0.05, 0.1) is 0 Å². The van der Waals surface area contributed by atoms with Crippen LogP contribution in [0.4, 0.5) is 5.69 Å². The Labute approximate surface area is 131 Å². The lowest BCUT2D eigenvalue weighted by atomic mass is 9.93. The van der Waals surface area contributed by atoms with Crippen molar-refractivity contribution in [3.8, 4) is 0 Å². The molecule has 1 aliphatic rings. The highest BCUT2D eigenvalue weighted by Crippen LogP contribution is 2.41. The summed E-state index contributed by atoms with van der Waals surface area (Å²) in [6, 6.07) is 16.3. The molecule has 0 N–H and O–H groups in total. The van der Waals surface area contributed by atoms with Crippen molar-refractivity contribution in [3.63, 3.8) is 0 Å². The first-order chi connectivity index (χ1) is 9.70. The highest BCUT2D eigenvalue weighted by Gasteiger charge is 2.32. The summed E-state index contributed by atoms with van der Waals surface area (Å²) < 4.78 is 1.03. The van der Waals surface area contributed by atoms with Crippen LogP contribution in [0.1, 0.15) is 17.0 Å². The van der Waals surface area contributed by atoms with Gasteiger partial charge in [-0.1, -0.05) is 46.3 Å². The summed E-state index contributed by atoms with van der Waals surface area (Å²) in [6.45, 7) is 0.654. The molecule has 20 heavy (non-hydrogen) atoms. The predicted molar refractivity (Wildman–Crippen MR) is 85.5 cm³/mol. The number of hydrogen-bond donors (Lipinski definition) is 0. The van der Waals surface area contributed by atoms with Crippen LogP contribution >= 0.6 is 27.5 Å². The van der Waals surface area contributed by atoms with Crippen LogP contribution < -0.4 is 4.90 Å². The molecule has 1 heterocycles. The van der Waals surface area contributed by atoms with E-state index in [9.17, 15) is 4.79 Å². The molecule has 1 amide bonds. The second kappa shape index (κ2) is 5.58. The minimum Gasteiger partial charge on any atom is -0.310 e. The van der Waals surface area contributed by atoms with Gasteiger partial charge in [0.2, 0.25) is 5.91 Å². The number of carbonyl (C=O) groups excluding carboxylic acids is 1. The van der Waals surface area contributed by atoms with Gasteiger partial charge in [-0.25, -0.2) is 0 Å². The Morgan fingerprint density at radius 2 is 2.00 bits per heavy atom. The second-order valence-corrected chi connectivity index (χ2v) is 5.99. The highest BCUT2D eigenvalue weighted by atomic mass is 79.9. The van der Waals surface area contributed by atoms with Crippen molar-refractivity contribution >= 4 is 39.1 Å². The van der Waals surface area contributed by atoms with E-state index in [1.165, 1.54) is 11.1 Å². The molecular weight excluding hydrogens is 338 g/mol. The molecule has 0 radical (unpaired) electrons. The van der Waals surface area contributed by atoms with Gasteiger partial charge in [-0.05, 0) is 29.3 Å². The molecule has 0 bridgehead atoms. The van der Waals surface area contributed by atoms with Crippen LogP contribution in [-0.4, -0.2) is 18.3 Å². The van der Waals surface area contributed by atoms with Crippen molar-refractivity contribution in [1.82, 2.24) is 0 Å². The molecule has 102 valence electrons. The number of alkyl halides is 1. The van der Waals surface area contributed by atoms with Crippen molar-refractivity contribution in [2.75, 3.05) is 17.3 Å². The summed E-state index contributed by atoms with van der Waals surface area (Å²) in [5.41, 5.74) is 3.36. The average Bonchev–Trinajstić information content (AvgIpc) is 2.86. The van der Waals surface area contributed by atoms with Gasteiger partial charge in [0, 0.05) is 22.6 Å². The van der Waals surface area contributed by atoms with E-state index in [0.29, 0.717) is 6.54 Å². The zero-order valence-corrected chi connectivity index (χ0v) is 13.1. The van der Waals surface area contributed by atoms with Crippen molar-refractivity contribution in [1.29, 1.82) is 0 Å². The van der Waals surface area contributed by atoms with Crippen molar-refractivity contribution in [3.05, 3.63) is 64.1 Å². The molecule has 0 fully saturated rings. The molecule has 0 saturated carbocycles. The van der Waals surface area contributed by atoms with Crippen LogP contribution in [-0.2, 0) is 4.79 Å². The summed E-state index contributed by atoms with van der Waals surface area (Å²) in [5.74, 6) is 0.168. The fourth-order valence-electron chi connectivity index (χ4n) is 2.71. The number of hydrogen-bond acceptors (Lipinski definition) is 1. The van der Waals surface area contributed by atoms with Gasteiger partial charge >= 0.3 is 0 Å². The zero-order chi connectivity index (χ0) is 14.1. The molecule has 3 rings (SSSR count). The van der Waals surface area contributed by atoms with Crippen LogP contribution in [0.2, 0.25) is 0 Å². The molecule has 1 atom stereocenters. The number of anilines is 1. The summed E-state index contributed by atoms with van der Waals surface area (Å²) >= 11 is 9.23. The molecule has 1 unspecified atom stereocenters. The zero-order valence-electron chi connectivity index (χ0n) is 10.7. The third kappa shape index (κ3) is 2.36. The molecule has 1 aliphatic heterocycles. The molecular formula is C16H13BrClNO. The summed E-state index contributed by atoms with van der Waals surface area (Å²) in [5, 5.41) is 0. The maximum absolute atomic E-state index is 12.0. The lowest BCUT2D eigenvalue weighted by Gasteiger charge is -2.16. The van der Waals surface area contributed by atoms with E-state index in [0.717, 1.165) is 10.2 Å². The Hall–Kier alpha value is -1.32. The molecule has 0 aromatic heterocycles. The molecule has 2 aromatic rings. The molecule has 2 nitrogen and oxygen atoms in total. The molecule has 0 saturated heterocycles. The third-order valence-electron chi connectivity index (χ3n) is 3.64. The Balaban J connectivity index is 2.08. The fraction of sp³-hybridized carbons (Fsp3) is 0.188. The quantitative estimate of drug-likeness (QED) is 0.745. The van der Waals surface area contributed by atoms with E-state index < -0.39 is 0 Å². The van der Waals surface area contributed by atoms with Gasteiger partial charge in [-0.15, -0.1) is 11.6 Å². The summed E-state index contributed by atoms with van der Waals surface area (Å²) in [4.78, 5) is 13.8. The second-order valence-electron chi connectivity index (χ2n) is 4.80.